The van der Waals surface area contributed by atoms with E-state index in [4.69, 9.17) is 15.2 Å². The van der Waals surface area contributed by atoms with Gasteiger partial charge in [0.1, 0.15) is 18.1 Å². The molecule has 1 aromatic heterocycles. The van der Waals surface area contributed by atoms with E-state index >= 15 is 0 Å². The van der Waals surface area contributed by atoms with Gasteiger partial charge in [-0.2, -0.15) is 0 Å². The van der Waals surface area contributed by atoms with Gasteiger partial charge in [0, 0.05) is 7.05 Å². The van der Waals surface area contributed by atoms with Gasteiger partial charge in [-0.25, -0.2) is 4.79 Å². The van der Waals surface area contributed by atoms with Crippen LogP contribution in [0.15, 0.2) is 30.5 Å². The third kappa shape index (κ3) is 3.70. The van der Waals surface area contributed by atoms with Crippen LogP contribution < -0.4 is 10.5 Å². The largest absolute Gasteiger partial charge is 0.480 e. The van der Waals surface area contributed by atoms with Gasteiger partial charge in [0.25, 0.3) is 0 Å². The second-order valence-electron chi connectivity index (χ2n) is 3.87. The van der Waals surface area contributed by atoms with Crippen LogP contribution in [0.1, 0.15) is 5.69 Å². The maximum atomic E-state index is 11.5. The summed E-state index contributed by atoms with van der Waals surface area (Å²) in [6.45, 7) is -0.130. The molecule has 0 atom stereocenters. The number of aryl methyl sites for hydroxylation is 1. The molecule has 0 amide bonds. The Morgan fingerprint density at radius 2 is 2.21 bits per heavy atom. The van der Waals surface area contributed by atoms with Crippen molar-refractivity contribution in [3.05, 3.63) is 36.2 Å². The molecule has 100 valence electrons. The van der Waals surface area contributed by atoms with Crippen molar-refractivity contribution in [2.24, 2.45) is 7.05 Å². The minimum absolute atomic E-state index is 0.0697. The highest BCUT2D eigenvalue weighted by molar-refractivity contribution is 5.71. The topological polar surface area (TPSA) is 92.3 Å². The zero-order valence-corrected chi connectivity index (χ0v) is 10.4. The molecule has 0 radical (unpaired) electrons. The summed E-state index contributed by atoms with van der Waals surface area (Å²) in [5, 5.41) is 7.52. The molecule has 2 N–H and O–H groups in total. The minimum atomic E-state index is -0.492. The number of nitrogen functional groups attached to an aromatic ring is 1. The Kier molecular flexibility index (Phi) is 3.97. The minimum Gasteiger partial charge on any atom is -0.480 e. The highest BCUT2D eigenvalue weighted by Crippen LogP contribution is 2.19. The lowest BCUT2D eigenvalue weighted by Crippen LogP contribution is -2.15. The number of nitrogens with zero attached hydrogens (tertiary/aromatic N) is 3. The summed E-state index contributed by atoms with van der Waals surface area (Å²) in [7, 11) is 1.74. The third-order valence-electron chi connectivity index (χ3n) is 2.30. The van der Waals surface area contributed by atoms with Crippen molar-refractivity contribution in [3.8, 4) is 5.75 Å². The Morgan fingerprint density at radius 3 is 2.89 bits per heavy atom. The molecule has 0 spiro atoms. The number of carbonyl (C=O) groups excluding carboxylic acids is 1. The molecule has 0 bridgehead atoms. The highest BCUT2D eigenvalue weighted by Gasteiger charge is 2.07. The fourth-order valence-electron chi connectivity index (χ4n) is 1.41. The van der Waals surface area contributed by atoms with Crippen molar-refractivity contribution in [2.75, 3.05) is 12.3 Å². The zero-order chi connectivity index (χ0) is 13.7. The number of esters is 1. The van der Waals surface area contributed by atoms with Gasteiger partial charge in [-0.3, -0.25) is 4.68 Å². The smallest absolute Gasteiger partial charge is 0.344 e. The van der Waals surface area contributed by atoms with Crippen molar-refractivity contribution in [1.82, 2.24) is 15.0 Å². The number of hydrogen-bond donors (Lipinski definition) is 1. The van der Waals surface area contributed by atoms with Crippen molar-refractivity contribution in [3.63, 3.8) is 0 Å². The highest BCUT2D eigenvalue weighted by atomic mass is 16.6. The molecule has 0 unspecified atom stereocenters. The Morgan fingerprint density at radius 1 is 1.42 bits per heavy atom. The van der Waals surface area contributed by atoms with Crippen LogP contribution in [-0.2, 0) is 23.2 Å². The fraction of sp³-hybridized carbons (Fsp3) is 0.250. The van der Waals surface area contributed by atoms with Crippen LogP contribution in [0.5, 0.6) is 5.75 Å². The van der Waals surface area contributed by atoms with Gasteiger partial charge in [0.05, 0.1) is 11.9 Å². The number of carbonyl (C=O) groups is 1. The monoisotopic (exact) mass is 262 g/mol. The quantitative estimate of drug-likeness (QED) is 0.623. The first-order chi connectivity index (χ1) is 9.15. The lowest BCUT2D eigenvalue weighted by molar-refractivity contribution is -0.147. The molecule has 2 rings (SSSR count). The molecular weight excluding hydrogens is 248 g/mol. The fourth-order valence-corrected chi connectivity index (χ4v) is 1.41. The summed E-state index contributed by atoms with van der Waals surface area (Å²) in [6, 6.07) is 6.94. The molecule has 0 saturated heterocycles. The molecule has 1 heterocycles. The molecule has 0 aliphatic carbocycles. The van der Waals surface area contributed by atoms with Gasteiger partial charge in [-0.15, -0.1) is 5.10 Å². The third-order valence-corrected chi connectivity index (χ3v) is 2.30. The molecule has 7 nitrogen and oxygen atoms in total. The molecule has 1 aromatic carbocycles. The molecule has 7 heteroatoms. The Labute approximate surface area is 109 Å². The lowest BCUT2D eigenvalue weighted by Gasteiger charge is -2.07. The summed E-state index contributed by atoms with van der Waals surface area (Å²) >= 11 is 0. The van der Waals surface area contributed by atoms with Gasteiger partial charge in [0.2, 0.25) is 0 Å². The van der Waals surface area contributed by atoms with Crippen molar-refractivity contribution >= 4 is 11.7 Å². The number of hydrogen-bond acceptors (Lipinski definition) is 6. The average Bonchev–Trinajstić information content (AvgIpc) is 2.81. The predicted octanol–water partition coefficient (Wildman–Crippen LogP) is 0.519. The standard InChI is InChI=1S/C12H14N4O3/c1-16-6-9(14-15-16)7-19-12(17)8-18-11-5-3-2-4-10(11)13/h2-6H,7-8,13H2,1H3. The Hall–Kier alpha value is -2.57. The summed E-state index contributed by atoms with van der Waals surface area (Å²) in [5.41, 5.74) is 6.73. The van der Waals surface area contributed by atoms with Crippen molar-refractivity contribution in [2.45, 2.75) is 6.61 Å². The molecule has 0 saturated carbocycles. The SMILES string of the molecule is Cn1cc(COC(=O)COc2ccccc2N)nn1. The van der Waals surface area contributed by atoms with Crippen molar-refractivity contribution < 1.29 is 14.3 Å². The van der Waals surface area contributed by atoms with Gasteiger partial charge in [0.15, 0.2) is 6.61 Å². The van der Waals surface area contributed by atoms with E-state index in [-0.39, 0.29) is 13.2 Å². The maximum Gasteiger partial charge on any atom is 0.344 e. The molecular formula is C12H14N4O3. The van der Waals surface area contributed by atoms with Crippen LogP contribution in [0.2, 0.25) is 0 Å². The van der Waals surface area contributed by atoms with Gasteiger partial charge >= 0.3 is 5.97 Å². The molecule has 0 aliphatic heterocycles. The predicted molar refractivity (Wildman–Crippen MR) is 67.1 cm³/mol. The number of benzene rings is 1. The van der Waals surface area contributed by atoms with Crippen LogP contribution in [0, 0.1) is 0 Å². The second kappa shape index (κ2) is 5.85. The van der Waals surface area contributed by atoms with Crippen molar-refractivity contribution in [1.29, 1.82) is 0 Å². The Bertz CT molecular complexity index is 568. The van der Waals surface area contributed by atoms with Crippen LogP contribution >= 0.6 is 0 Å². The lowest BCUT2D eigenvalue weighted by atomic mass is 10.3. The van der Waals surface area contributed by atoms with E-state index in [0.29, 0.717) is 17.1 Å². The van der Waals surface area contributed by atoms with E-state index in [1.807, 2.05) is 0 Å². The first-order valence-corrected chi connectivity index (χ1v) is 5.63. The van der Waals surface area contributed by atoms with Crippen LogP contribution in [0.25, 0.3) is 0 Å². The summed E-state index contributed by atoms with van der Waals surface area (Å²) in [6.07, 6.45) is 1.67. The average molecular weight is 262 g/mol. The summed E-state index contributed by atoms with van der Waals surface area (Å²) in [4.78, 5) is 11.5. The molecule has 19 heavy (non-hydrogen) atoms. The molecule has 2 aromatic rings. The van der Waals surface area contributed by atoms with Gasteiger partial charge < -0.3 is 15.2 Å². The summed E-state index contributed by atoms with van der Waals surface area (Å²) < 4.78 is 11.8. The molecule has 0 fully saturated rings. The number of para-hydroxylation sites is 2. The first-order valence-electron chi connectivity index (χ1n) is 5.63. The first kappa shape index (κ1) is 12.9. The van der Waals surface area contributed by atoms with E-state index in [0.717, 1.165) is 0 Å². The van der Waals surface area contributed by atoms with E-state index in [2.05, 4.69) is 10.3 Å². The van der Waals surface area contributed by atoms with Gasteiger partial charge in [-0.05, 0) is 12.1 Å². The van der Waals surface area contributed by atoms with Crippen LogP contribution in [-0.4, -0.2) is 27.6 Å². The zero-order valence-electron chi connectivity index (χ0n) is 10.4. The second-order valence-corrected chi connectivity index (χ2v) is 3.87. The maximum absolute atomic E-state index is 11.5. The number of anilines is 1. The van der Waals surface area contributed by atoms with E-state index in [1.165, 1.54) is 4.68 Å². The van der Waals surface area contributed by atoms with Crippen LogP contribution in [0.3, 0.4) is 0 Å². The number of rotatable bonds is 5. The number of nitrogens with two attached hydrogens (primary N) is 1. The molecule has 0 aliphatic rings. The van der Waals surface area contributed by atoms with E-state index < -0.39 is 5.97 Å². The number of aromatic nitrogens is 3. The normalized spacial score (nSPS) is 10.2. The van der Waals surface area contributed by atoms with E-state index in [1.54, 1.807) is 37.5 Å². The van der Waals surface area contributed by atoms with E-state index in [9.17, 15) is 4.79 Å². The Balaban J connectivity index is 1.77. The number of ether oxygens (including phenoxy) is 2. The van der Waals surface area contributed by atoms with Crippen LogP contribution in [0.4, 0.5) is 5.69 Å². The van der Waals surface area contributed by atoms with Gasteiger partial charge in [-0.1, -0.05) is 17.3 Å². The summed E-state index contributed by atoms with van der Waals surface area (Å²) in [5.74, 6) is -0.0344.